The molecule has 0 aliphatic heterocycles. The summed E-state index contributed by atoms with van der Waals surface area (Å²) in [4.78, 5) is 0. The third-order valence-electron chi connectivity index (χ3n) is 1.91. The van der Waals surface area contributed by atoms with Crippen LogP contribution in [0.2, 0.25) is 0 Å². The van der Waals surface area contributed by atoms with Gasteiger partial charge in [0.25, 0.3) is 0 Å². The van der Waals surface area contributed by atoms with Crippen molar-refractivity contribution in [2.45, 2.75) is 13.8 Å². The number of nitrogens with one attached hydrogen (secondary N) is 1. The summed E-state index contributed by atoms with van der Waals surface area (Å²) in [7, 11) is -3.36. The third kappa shape index (κ3) is 3.17. The highest BCUT2D eigenvalue weighted by Crippen LogP contribution is 2.24. The van der Waals surface area contributed by atoms with Crippen LogP contribution in [0.15, 0.2) is 16.6 Å². The minimum Gasteiger partial charge on any atom is -0.283 e. The van der Waals surface area contributed by atoms with Gasteiger partial charge >= 0.3 is 0 Å². The van der Waals surface area contributed by atoms with Crippen LogP contribution in [-0.2, 0) is 10.0 Å². The van der Waals surface area contributed by atoms with Gasteiger partial charge in [0, 0.05) is 0 Å². The van der Waals surface area contributed by atoms with E-state index in [4.69, 9.17) is 0 Å². The molecule has 0 fully saturated rings. The molecule has 1 aromatic carbocycles. The lowest BCUT2D eigenvalue weighted by Crippen LogP contribution is -2.15. The van der Waals surface area contributed by atoms with Gasteiger partial charge in [-0.1, -0.05) is 0 Å². The maximum Gasteiger partial charge on any atom is 0.232 e. The molecule has 0 amide bonds. The van der Waals surface area contributed by atoms with E-state index in [0.717, 1.165) is 6.07 Å². The fourth-order valence-corrected chi connectivity index (χ4v) is 2.15. The van der Waals surface area contributed by atoms with Crippen molar-refractivity contribution in [1.82, 2.24) is 0 Å². The van der Waals surface area contributed by atoms with Gasteiger partial charge in [-0.3, -0.25) is 4.72 Å². The van der Waals surface area contributed by atoms with Gasteiger partial charge in [0.1, 0.15) is 5.82 Å². The zero-order valence-electron chi connectivity index (χ0n) is 8.34. The summed E-state index contributed by atoms with van der Waals surface area (Å²) >= 11 is 3.02. The van der Waals surface area contributed by atoms with Crippen molar-refractivity contribution in [3.8, 4) is 0 Å². The molecule has 0 aliphatic carbocycles. The van der Waals surface area contributed by atoms with Crippen LogP contribution < -0.4 is 4.72 Å². The Morgan fingerprint density at radius 2 is 2.07 bits per heavy atom. The lowest BCUT2D eigenvalue weighted by atomic mass is 10.2. The number of benzene rings is 1. The molecule has 6 heteroatoms. The Labute approximate surface area is 96.9 Å². The lowest BCUT2D eigenvalue weighted by Gasteiger charge is -2.09. The Kier molecular flexibility index (Phi) is 3.72. The van der Waals surface area contributed by atoms with Crippen LogP contribution in [0, 0.1) is 12.7 Å². The van der Waals surface area contributed by atoms with E-state index >= 15 is 0 Å². The van der Waals surface area contributed by atoms with E-state index in [1.54, 1.807) is 6.92 Å². The second-order valence-corrected chi connectivity index (χ2v) is 5.95. The quantitative estimate of drug-likeness (QED) is 0.932. The molecule has 0 bridgehead atoms. The summed E-state index contributed by atoms with van der Waals surface area (Å²) < 4.78 is 38.3. The van der Waals surface area contributed by atoms with Crippen molar-refractivity contribution in [3.05, 3.63) is 28.0 Å². The van der Waals surface area contributed by atoms with Crippen molar-refractivity contribution in [2.24, 2.45) is 0 Å². The van der Waals surface area contributed by atoms with Crippen LogP contribution in [0.5, 0.6) is 0 Å². The Hall–Kier alpha value is -0.620. The number of aryl methyl sites for hydroxylation is 1. The number of anilines is 1. The first kappa shape index (κ1) is 12.4. The molecule has 0 aliphatic rings. The molecular weight excluding hydrogens is 285 g/mol. The number of sulfonamides is 1. The van der Waals surface area contributed by atoms with Gasteiger partial charge in [0.2, 0.25) is 10.0 Å². The number of hydrogen-bond acceptors (Lipinski definition) is 2. The Balaban J connectivity index is 3.12. The monoisotopic (exact) mass is 295 g/mol. The van der Waals surface area contributed by atoms with Gasteiger partial charge < -0.3 is 0 Å². The average Bonchev–Trinajstić information content (AvgIpc) is 2.14. The van der Waals surface area contributed by atoms with Crippen LogP contribution in [0.3, 0.4) is 0 Å². The molecule has 1 aromatic rings. The first-order valence-corrected chi connectivity index (χ1v) is 6.76. The Bertz CT molecular complexity index is 473. The summed E-state index contributed by atoms with van der Waals surface area (Å²) in [5.74, 6) is -0.529. The van der Waals surface area contributed by atoms with Crippen LogP contribution in [0.4, 0.5) is 10.1 Å². The van der Waals surface area contributed by atoms with Gasteiger partial charge in [0.05, 0.1) is 15.9 Å². The van der Waals surface area contributed by atoms with Gasteiger partial charge in [-0.15, -0.1) is 0 Å². The van der Waals surface area contributed by atoms with Crippen molar-refractivity contribution >= 4 is 31.6 Å². The lowest BCUT2D eigenvalue weighted by molar-refractivity contribution is 0.602. The summed E-state index contributed by atoms with van der Waals surface area (Å²) in [6.07, 6.45) is 0. The number of halogens is 2. The predicted octanol–water partition coefficient (Wildman–Crippen LogP) is 2.66. The smallest absolute Gasteiger partial charge is 0.232 e. The van der Waals surface area contributed by atoms with Gasteiger partial charge in [0.15, 0.2) is 0 Å². The van der Waals surface area contributed by atoms with Crippen molar-refractivity contribution < 1.29 is 12.8 Å². The zero-order valence-corrected chi connectivity index (χ0v) is 10.7. The van der Waals surface area contributed by atoms with Crippen LogP contribution in [-0.4, -0.2) is 14.2 Å². The number of rotatable bonds is 3. The molecule has 0 spiro atoms. The molecule has 0 aromatic heterocycles. The SMILES string of the molecule is CCS(=O)(=O)Nc1cc(F)c(Br)cc1C. The fourth-order valence-electron chi connectivity index (χ4n) is 0.996. The van der Waals surface area contributed by atoms with Crippen molar-refractivity contribution in [1.29, 1.82) is 0 Å². The van der Waals surface area contributed by atoms with Gasteiger partial charge in [-0.05, 0) is 47.5 Å². The fraction of sp³-hybridized carbons (Fsp3) is 0.333. The molecule has 1 N–H and O–H groups in total. The van der Waals surface area contributed by atoms with E-state index < -0.39 is 15.8 Å². The summed E-state index contributed by atoms with van der Waals surface area (Å²) in [6.45, 7) is 3.23. The summed E-state index contributed by atoms with van der Waals surface area (Å²) in [6, 6.07) is 2.69. The molecule has 0 radical (unpaired) electrons. The summed E-state index contributed by atoms with van der Waals surface area (Å²) in [5, 5.41) is 0. The normalized spacial score (nSPS) is 11.5. The third-order valence-corrected chi connectivity index (χ3v) is 3.81. The molecule has 0 heterocycles. The highest BCUT2D eigenvalue weighted by atomic mass is 79.9. The Morgan fingerprint density at radius 3 is 2.60 bits per heavy atom. The van der Waals surface area contributed by atoms with E-state index in [1.165, 1.54) is 13.0 Å². The largest absolute Gasteiger partial charge is 0.283 e. The molecule has 0 saturated carbocycles. The minimum absolute atomic E-state index is 0.0376. The van der Waals surface area contributed by atoms with Gasteiger partial charge in [-0.2, -0.15) is 0 Å². The van der Waals surface area contributed by atoms with Crippen LogP contribution >= 0.6 is 15.9 Å². The van der Waals surface area contributed by atoms with Crippen LogP contribution in [0.1, 0.15) is 12.5 Å². The topological polar surface area (TPSA) is 46.2 Å². The second kappa shape index (κ2) is 4.49. The highest BCUT2D eigenvalue weighted by molar-refractivity contribution is 9.10. The van der Waals surface area contributed by atoms with Crippen molar-refractivity contribution in [3.63, 3.8) is 0 Å². The van der Waals surface area contributed by atoms with E-state index in [1.807, 2.05) is 0 Å². The maximum atomic E-state index is 13.2. The number of hydrogen-bond donors (Lipinski definition) is 1. The van der Waals surface area contributed by atoms with Gasteiger partial charge in [-0.25, -0.2) is 12.8 Å². The maximum absolute atomic E-state index is 13.2. The first-order valence-electron chi connectivity index (χ1n) is 4.32. The molecule has 0 unspecified atom stereocenters. The minimum atomic E-state index is -3.36. The molecule has 3 nitrogen and oxygen atoms in total. The predicted molar refractivity (Wildman–Crippen MR) is 61.9 cm³/mol. The highest BCUT2D eigenvalue weighted by Gasteiger charge is 2.11. The average molecular weight is 296 g/mol. The second-order valence-electron chi connectivity index (χ2n) is 3.09. The standard InChI is InChI=1S/C9H11BrFNO2S/c1-3-15(13,14)12-9-5-8(11)7(10)4-6(9)2/h4-5,12H,3H2,1-2H3. The van der Waals surface area contributed by atoms with E-state index in [-0.39, 0.29) is 11.4 Å². The van der Waals surface area contributed by atoms with Crippen LogP contribution in [0.25, 0.3) is 0 Å². The molecule has 84 valence electrons. The Morgan fingerprint density at radius 1 is 1.47 bits per heavy atom. The molecular formula is C9H11BrFNO2S. The molecule has 0 saturated heterocycles. The molecule has 15 heavy (non-hydrogen) atoms. The summed E-state index contributed by atoms with van der Waals surface area (Å²) in [5.41, 5.74) is 0.942. The van der Waals surface area contributed by atoms with Crippen molar-refractivity contribution in [2.75, 3.05) is 10.5 Å². The first-order chi connectivity index (χ1) is 6.85. The molecule has 1 rings (SSSR count). The van der Waals surface area contributed by atoms with E-state index in [9.17, 15) is 12.8 Å². The van der Waals surface area contributed by atoms with E-state index in [2.05, 4.69) is 20.7 Å². The molecule has 0 atom stereocenters. The zero-order chi connectivity index (χ0) is 11.6. The van der Waals surface area contributed by atoms with E-state index in [0.29, 0.717) is 10.0 Å².